The highest BCUT2D eigenvalue weighted by Gasteiger charge is 2.11. The summed E-state index contributed by atoms with van der Waals surface area (Å²) in [5, 5.41) is 3.05. The number of hydrogen-bond acceptors (Lipinski definition) is 4. The van der Waals surface area contributed by atoms with Crippen LogP contribution in [0.15, 0.2) is 12.1 Å². The molecule has 1 N–H and O–H groups in total. The van der Waals surface area contributed by atoms with E-state index in [9.17, 15) is 4.79 Å². The molecular formula is C10H12ClNO3S. The van der Waals surface area contributed by atoms with Crippen molar-refractivity contribution in [3.8, 4) is 11.5 Å². The summed E-state index contributed by atoms with van der Waals surface area (Å²) >= 11 is 9.79. The third kappa shape index (κ3) is 2.96. The first-order valence-electron chi connectivity index (χ1n) is 4.44. The van der Waals surface area contributed by atoms with Gasteiger partial charge in [-0.1, -0.05) is 11.6 Å². The van der Waals surface area contributed by atoms with E-state index in [1.54, 1.807) is 12.1 Å². The summed E-state index contributed by atoms with van der Waals surface area (Å²) in [6, 6.07) is 3.18. The number of halogens is 1. The van der Waals surface area contributed by atoms with Crippen molar-refractivity contribution in [2.75, 3.05) is 25.3 Å². The van der Waals surface area contributed by atoms with E-state index in [1.807, 2.05) is 0 Å². The van der Waals surface area contributed by atoms with E-state index in [0.29, 0.717) is 22.2 Å². The molecule has 0 aliphatic carbocycles. The third-order valence-corrected chi connectivity index (χ3v) is 2.47. The first-order chi connectivity index (χ1) is 7.62. The number of methoxy groups -OCH3 is 2. The summed E-state index contributed by atoms with van der Waals surface area (Å²) in [7, 11) is 2.99. The number of rotatable bonds is 4. The van der Waals surface area contributed by atoms with Gasteiger partial charge in [-0.15, -0.1) is 0 Å². The van der Waals surface area contributed by atoms with Gasteiger partial charge in [-0.05, 0) is 0 Å². The fourth-order valence-electron chi connectivity index (χ4n) is 1.15. The fourth-order valence-corrected chi connectivity index (χ4v) is 1.46. The maximum absolute atomic E-state index is 11.2. The van der Waals surface area contributed by atoms with Crippen molar-refractivity contribution in [2.45, 2.75) is 0 Å². The standard InChI is InChI=1S/C10H12ClNO3S/c1-14-8-4-7(12-10(13)5-16)9(15-2)3-6(8)11/h3-4,16H,5H2,1-2H3,(H,12,13). The van der Waals surface area contributed by atoms with E-state index in [-0.39, 0.29) is 11.7 Å². The Morgan fingerprint density at radius 1 is 1.38 bits per heavy atom. The predicted molar refractivity (Wildman–Crippen MR) is 67.0 cm³/mol. The van der Waals surface area contributed by atoms with Crippen molar-refractivity contribution in [3.63, 3.8) is 0 Å². The second-order valence-corrected chi connectivity index (χ2v) is 3.62. The highest BCUT2D eigenvalue weighted by molar-refractivity contribution is 7.81. The van der Waals surface area contributed by atoms with Crippen LogP contribution in [0.3, 0.4) is 0 Å². The Balaban J connectivity index is 3.09. The fraction of sp³-hybridized carbons (Fsp3) is 0.300. The van der Waals surface area contributed by atoms with Crippen LogP contribution >= 0.6 is 24.2 Å². The molecule has 0 aliphatic rings. The van der Waals surface area contributed by atoms with Gasteiger partial charge in [-0.3, -0.25) is 4.79 Å². The molecule has 1 rings (SSSR count). The van der Waals surface area contributed by atoms with Crippen LogP contribution in [0.25, 0.3) is 0 Å². The SMILES string of the molecule is COc1cc(NC(=O)CS)c(OC)cc1Cl. The van der Waals surface area contributed by atoms with Gasteiger partial charge in [0.2, 0.25) is 5.91 Å². The Hall–Kier alpha value is -1.07. The van der Waals surface area contributed by atoms with Crippen molar-refractivity contribution in [3.05, 3.63) is 17.2 Å². The van der Waals surface area contributed by atoms with Gasteiger partial charge in [0, 0.05) is 12.1 Å². The molecule has 0 aliphatic heterocycles. The van der Waals surface area contributed by atoms with Gasteiger partial charge in [0.25, 0.3) is 0 Å². The van der Waals surface area contributed by atoms with E-state index in [4.69, 9.17) is 21.1 Å². The highest BCUT2D eigenvalue weighted by atomic mass is 35.5. The van der Waals surface area contributed by atoms with Crippen molar-refractivity contribution >= 4 is 35.8 Å². The van der Waals surface area contributed by atoms with Gasteiger partial charge < -0.3 is 14.8 Å². The molecule has 4 nitrogen and oxygen atoms in total. The summed E-state index contributed by atoms with van der Waals surface area (Å²) in [4.78, 5) is 11.2. The average Bonchev–Trinajstić information content (AvgIpc) is 2.30. The van der Waals surface area contributed by atoms with Crippen LogP contribution in [0.4, 0.5) is 5.69 Å². The van der Waals surface area contributed by atoms with Crippen LogP contribution in [-0.2, 0) is 4.79 Å². The molecule has 0 saturated carbocycles. The number of carbonyl (C=O) groups is 1. The zero-order valence-corrected chi connectivity index (χ0v) is 10.6. The van der Waals surface area contributed by atoms with Gasteiger partial charge >= 0.3 is 0 Å². The molecule has 0 saturated heterocycles. The van der Waals surface area contributed by atoms with Gasteiger partial charge in [0.15, 0.2) is 0 Å². The minimum absolute atomic E-state index is 0.0914. The molecule has 1 aromatic rings. The smallest absolute Gasteiger partial charge is 0.234 e. The zero-order valence-electron chi connectivity index (χ0n) is 8.91. The lowest BCUT2D eigenvalue weighted by Crippen LogP contribution is -2.13. The molecule has 1 amide bonds. The van der Waals surface area contributed by atoms with E-state index in [2.05, 4.69) is 17.9 Å². The molecule has 1 aromatic carbocycles. The molecule has 0 spiro atoms. The Morgan fingerprint density at radius 3 is 2.50 bits per heavy atom. The lowest BCUT2D eigenvalue weighted by atomic mass is 10.2. The van der Waals surface area contributed by atoms with Gasteiger partial charge in [-0.25, -0.2) is 0 Å². The minimum Gasteiger partial charge on any atom is -0.495 e. The topological polar surface area (TPSA) is 47.6 Å². The van der Waals surface area contributed by atoms with Crippen molar-refractivity contribution in [2.24, 2.45) is 0 Å². The lowest BCUT2D eigenvalue weighted by Gasteiger charge is -2.12. The number of amides is 1. The summed E-state index contributed by atoms with van der Waals surface area (Å²) in [5.41, 5.74) is 0.503. The van der Waals surface area contributed by atoms with E-state index in [0.717, 1.165) is 0 Å². The maximum atomic E-state index is 11.2. The van der Waals surface area contributed by atoms with Crippen molar-refractivity contribution in [1.82, 2.24) is 0 Å². The molecule has 88 valence electrons. The normalized spacial score (nSPS) is 9.75. The molecule has 0 atom stereocenters. The highest BCUT2D eigenvalue weighted by Crippen LogP contribution is 2.35. The molecule has 0 unspecified atom stereocenters. The number of nitrogens with one attached hydrogen (secondary N) is 1. The van der Waals surface area contributed by atoms with Crippen LogP contribution < -0.4 is 14.8 Å². The molecule has 0 fully saturated rings. The maximum Gasteiger partial charge on any atom is 0.234 e. The molecule has 0 heterocycles. The molecule has 0 radical (unpaired) electrons. The predicted octanol–water partition coefficient (Wildman–Crippen LogP) is 2.23. The number of ether oxygens (including phenoxy) is 2. The third-order valence-electron chi connectivity index (χ3n) is 1.89. The Kier molecular flexibility index (Phi) is 4.76. The number of hydrogen-bond donors (Lipinski definition) is 2. The van der Waals surface area contributed by atoms with Gasteiger partial charge in [0.1, 0.15) is 11.5 Å². The number of carbonyl (C=O) groups excluding carboxylic acids is 1. The number of anilines is 1. The van der Waals surface area contributed by atoms with Gasteiger partial charge in [-0.2, -0.15) is 12.6 Å². The quantitative estimate of drug-likeness (QED) is 0.817. The van der Waals surface area contributed by atoms with Crippen LogP contribution in [0.2, 0.25) is 5.02 Å². The average molecular weight is 262 g/mol. The van der Waals surface area contributed by atoms with Crippen LogP contribution in [0, 0.1) is 0 Å². The minimum atomic E-state index is -0.231. The molecule has 16 heavy (non-hydrogen) atoms. The molecule has 0 bridgehead atoms. The number of benzene rings is 1. The second kappa shape index (κ2) is 5.86. The van der Waals surface area contributed by atoms with E-state index >= 15 is 0 Å². The van der Waals surface area contributed by atoms with Crippen LogP contribution in [0.1, 0.15) is 0 Å². The summed E-state index contributed by atoms with van der Waals surface area (Å²) in [6.45, 7) is 0. The second-order valence-electron chi connectivity index (χ2n) is 2.89. The Bertz CT molecular complexity index is 398. The summed E-state index contributed by atoms with van der Waals surface area (Å²) in [5.74, 6) is 0.803. The van der Waals surface area contributed by atoms with E-state index < -0.39 is 0 Å². The zero-order chi connectivity index (χ0) is 12.1. The van der Waals surface area contributed by atoms with E-state index in [1.165, 1.54) is 14.2 Å². The van der Waals surface area contributed by atoms with Crippen molar-refractivity contribution < 1.29 is 14.3 Å². The first kappa shape index (κ1) is 13.0. The Morgan fingerprint density at radius 2 is 2.00 bits per heavy atom. The summed E-state index contributed by atoms with van der Waals surface area (Å²) in [6.07, 6.45) is 0. The van der Waals surface area contributed by atoms with Crippen LogP contribution in [0.5, 0.6) is 11.5 Å². The Labute approximate surface area is 104 Å². The first-order valence-corrected chi connectivity index (χ1v) is 5.45. The summed E-state index contributed by atoms with van der Waals surface area (Å²) < 4.78 is 10.1. The molecular weight excluding hydrogens is 250 g/mol. The molecule has 6 heteroatoms. The van der Waals surface area contributed by atoms with Gasteiger partial charge in [0.05, 0.1) is 30.7 Å². The van der Waals surface area contributed by atoms with Crippen molar-refractivity contribution in [1.29, 1.82) is 0 Å². The monoisotopic (exact) mass is 261 g/mol. The lowest BCUT2D eigenvalue weighted by molar-refractivity contribution is -0.113. The van der Waals surface area contributed by atoms with Crippen LogP contribution in [-0.4, -0.2) is 25.9 Å². The molecule has 0 aromatic heterocycles. The largest absolute Gasteiger partial charge is 0.495 e. The number of thiol groups is 1.